The lowest BCUT2D eigenvalue weighted by Crippen LogP contribution is -2.33. The molecule has 0 amide bonds. The van der Waals surface area contributed by atoms with Crippen LogP contribution in [0.4, 0.5) is 5.69 Å². The molecule has 0 aliphatic carbocycles. The predicted octanol–water partition coefficient (Wildman–Crippen LogP) is -0.823. The van der Waals surface area contributed by atoms with Gasteiger partial charge in [-0.05, 0) is 18.9 Å². The molecule has 1 fully saturated rings. The second-order valence-electron chi connectivity index (χ2n) is 5.26. The molecule has 118 valence electrons. The van der Waals surface area contributed by atoms with E-state index in [-0.39, 0.29) is 36.2 Å². The summed E-state index contributed by atoms with van der Waals surface area (Å²) in [4.78, 5) is 9.95. The molecule has 1 saturated heterocycles. The zero-order valence-corrected chi connectivity index (χ0v) is 12.2. The minimum Gasteiger partial charge on any atom is -0.390 e. The Morgan fingerprint density at radius 1 is 1.62 bits per heavy atom. The van der Waals surface area contributed by atoms with E-state index in [1.807, 2.05) is 0 Å². The topological polar surface area (TPSA) is 127 Å². The molecule has 2 N–H and O–H groups in total. The van der Waals surface area contributed by atoms with E-state index in [1.165, 1.54) is 10.9 Å². The van der Waals surface area contributed by atoms with Gasteiger partial charge in [0.05, 0.1) is 29.1 Å². The summed E-state index contributed by atoms with van der Waals surface area (Å²) in [5, 5.41) is 27.1. The van der Waals surface area contributed by atoms with Crippen molar-refractivity contribution >= 4 is 15.5 Å². The molecule has 0 spiro atoms. The fourth-order valence-corrected chi connectivity index (χ4v) is 4.18. The Kier molecular flexibility index (Phi) is 4.91. The van der Waals surface area contributed by atoms with Gasteiger partial charge >= 0.3 is 5.69 Å². The van der Waals surface area contributed by atoms with Crippen LogP contribution >= 0.6 is 0 Å². The van der Waals surface area contributed by atoms with Crippen molar-refractivity contribution < 1.29 is 18.4 Å². The number of nitro groups is 1. The molecule has 10 heteroatoms. The van der Waals surface area contributed by atoms with Gasteiger partial charge in [0.2, 0.25) is 0 Å². The lowest BCUT2D eigenvalue weighted by molar-refractivity contribution is -0.385. The molecule has 0 saturated carbocycles. The third-order valence-corrected chi connectivity index (χ3v) is 5.20. The molecule has 0 radical (unpaired) electrons. The van der Waals surface area contributed by atoms with Crippen molar-refractivity contribution in [3.05, 3.63) is 22.5 Å². The van der Waals surface area contributed by atoms with Crippen molar-refractivity contribution in [1.82, 2.24) is 15.1 Å². The molecule has 1 aromatic heterocycles. The van der Waals surface area contributed by atoms with E-state index in [4.69, 9.17) is 0 Å². The van der Waals surface area contributed by atoms with Crippen LogP contribution in [-0.4, -0.2) is 58.9 Å². The summed E-state index contributed by atoms with van der Waals surface area (Å²) in [7, 11) is -2.88. The van der Waals surface area contributed by atoms with Gasteiger partial charge in [0, 0.05) is 6.54 Å². The first-order valence-corrected chi connectivity index (χ1v) is 8.44. The van der Waals surface area contributed by atoms with Crippen LogP contribution in [0.3, 0.4) is 0 Å². The Labute approximate surface area is 122 Å². The van der Waals surface area contributed by atoms with Crippen molar-refractivity contribution in [1.29, 1.82) is 0 Å². The molecule has 0 bridgehead atoms. The Morgan fingerprint density at radius 2 is 2.38 bits per heavy atom. The average molecular weight is 318 g/mol. The highest BCUT2D eigenvalue weighted by Gasteiger charge is 2.27. The number of rotatable bonds is 7. The van der Waals surface area contributed by atoms with Crippen LogP contribution in [0, 0.1) is 16.0 Å². The number of aliphatic hydroxyl groups excluding tert-OH is 1. The van der Waals surface area contributed by atoms with Gasteiger partial charge in [0.15, 0.2) is 9.84 Å². The molecule has 0 aromatic carbocycles. The van der Waals surface area contributed by atoms with Crippen LogP contribution in [0.2, 0.25) is 0 Å². The van der Waals surface area contributed by atoms with E-state index >= 15 is 0 Å². The zero-order chi connectivity index (χ0) is 15.5. The van der Waals surface area contributed by atoms with Gasteiger partial charge in [-0.25, -0.2) is 8.42 Å². The first-order chi connectivity index (χ1) is 9.85. The van der Waals surface area contributed by atoms with Gasteiger partial charge < -0.3 is 10.4 Å². The second kappa shape index (κ2) is 6.50. The zero-order valence-electron chi connectivity index (χ0n) is 11.4. The molecule has 1 aliphatic rings. The Balaban J connectivity index is 1.70. The van der Waals surface area contributed by atoms with Crippen LogP contribution in [0.5, 0.6) is 0 Å². The van der Waals surface area contributed by atoms with E-state index in [1.54, 1.807) is 0 Å². The maximum absolute atomic E-state index is 11.3. The molecule has 2 heterocycles. The smallest absolute Gasteiger partial charge is 0.306 e. The standard InChI is InChI=1S/C11H18N4O5S/c16-11(7-14-6-10(4-13-14)15(17)18)5-12-3-9-1-2-21(19,20)8-9/h4,6,9,11-12,16H,1-3,5,7-8H2. The maximum atomic E-state index is 11.3. The van der Waals surface area contributed by atoms with Crippen LogP contribution in [0.15, 0.2) is 12.4 Å². The third kappa shape index (κ3) is 4.76. The minimum atomic E-state index is -2.88. The molecular weight excluding hydrogens is 300 g/mol. The summed E-state index contributed by atoms with van der Waals surface area (Å²) >= 11 is 0. The largest absolute Gasteiger partial charge is 0.390 e. The van der Waals surface area contributed by atoms with Crippen LogP contribution in [-0.2, 0) is 16.4 Å². The molecule has 2 unspecified atom stereocenters. The molecule has 1 aliphatic heterocycles. The van der Waals surface area contributed by atoms with Crippen molar-refractivity contribution in [3.63, 3.8) is 0 Å². The normalized spacial score (nSPS) is 22.2. The number of hydrogen-bond donors (Lipinski definition) is 2. The molecule has 1 aromatic rings. The first kappa shape index (κ1) is 15.9. The number of aliphatic hydroxyl groups is 1. The summed E-state index contributed by atoms with van der Waals surface area (Å²) in [5.41, 5.74) is -0.119. The second-order valence-corrected chi connectivity index (χ2v) is 7.49. The summed E-state index contributed by atoms with van der Waals surface area (Å²) in [6.07, 6.45) is 2.29. The number of hydrogen-bond acceptors (Lipinski definition) is 7. The van der Waals surface area contributed by atoms with E-state index in [0.717, 1.165) is 6.20 Å². The highest BCUT2D eigenvalue weighted by molar-refractivity contribution is 7.91. The van der Waals surface area contributed by atoms with Crippen molar-refractivity contribution in [2.75, 3.05) is 24.6 Å². The van der Waals surface area contributed by atoms with E-state index < -0.39 is 20.9 Å². The minimum absolute atomic E-state index is 0.0907. The summed E-state index contributed by atoms with van der Waals surface area (Å²) in [6.45, 7) is 0.962. The van der Waals surface area contributed by atoms with Crippen molar-refractivity contribution in [3.8, 4) is 0 Å². The Bertz CT molecular complexity index is 600. The van der Waals surface area contributed by atoms with Gasteiger partial charge in [-0.1, -0.05) is 0 Å². The Hall–Kier alpha value is -1.52. The SMILES string of the molecule is O=[N+]([O-])c1cnn(CC(O)CNCC2CCS(=O)(=O)C2)c1. The number of aromatic nitrogens is 2. The van der Waals surface area contributed by atoms with Crippen molar-refractivity contribution in [2.45, 2.75) is 19.1 Å². The lowest BCUT2D eigenvalue weighted by atomic mass is 10.1. The lowest BCUT2D eigenvalue weighted by Gasteiger charge is -2.13. The molecule has 2 rings (SSSR count). The summed E-state index contributed by atoms with van der Waals surface area (Å²) < 4.78 is 23.9. The fourth-order valence-electron chi connectivity index (χ4n) is 2.31. The van der Waals surface area contributed by atoms with Crippen LogP contribution in [0.1, 0.15) is 6.42 Å². The van der Waals surface area contributed by atoms with Gasteiger partial charge in [0.25, 0.3) is 0 Å². The van der Waals surface area contributed by atoms with Gasteiger partial charge in [0.1, 0.15) is 12.4 Å². The summed E-state index contributed by atoms with van der Waals surface area (Å²) in [5.74, 6) is 0.522. The first-order valence-electron chi connectivity index (χ1n) is 6.62. The third-order valence-electron chi connectivity index (χ3n) is 3.37. The van der Waals surface area contributed by atoms with E-state index in [9.17, 15) is 23.6 Å². The number of nitrogens with one attached hydrogen (secondary N) is 1. The quantitative estimate of drug-likeness (QED) is 0.496. The maximum Gasteiger partial charge on any atom is 0.306 e. The monoisotopic (exact) mass is 318 g/mol. The highest BCUT2D eigenvalue weighted by atomic mass is 32.2. The number of nitrogens with zero attached hydrogens (tertiary/aromatic N) is 3. The van der Waals surface area contributed by atoms with Gasteiger partial charge in [-0.15, -0.1) is 0 Å². The average Bonchev–Trinajstić information content (AvgIpc) is 2.96. The fraction of sp³-hybridized carbons (Fsp3) is 0.727. The molecular formula is C11H18N4O5S. The molecule has 21 heavy (non-hydrogen) atoms. The van der Waals surface area contributed by atoms with Crippen LogP contribution in [0.25, 0.3) is 0 Å². The van der Waals surface area contributed by atoms with Crippen molar-refractivity contribution in [2.24, 2.45) is 5.92 Å². The number of sulfone groups is 1. The van der Waals surface area contributed by atoms with Gasteiger partial charge in [-0.3, -0.25) is 14.8 Å². The summed E-state index contributed by atoms with van der Waals surface area (Å²) in [6, 6.07) is 0. The van der Waals surface area contributed by atoms with E-state index in [2.05, 4.69) is 10.4 Å². The Morgan fingerprint density at radius 3 is 2.95 bits per heavy atom. The van der Waals surface area contributed by atoms with Crippen LogP contribution < -0.4 is 5.32 Å². The molecule has 9 nitrogen and oxygen atoms in total. The predicted molar refractivity (Wildman–Crippen MR) is 74.5 cm³/mol. The van der Waals surface area contributed by atoms with E-state index in [0.29, 0.717) is 13.0 Å². The molecule has 2 atom stereocenters. The van der Waals surface area contributed by atoms with Gasteiger partial charge in [-0.2, -0.15) is 5.10 Å². The highest BCUT2D eigenvalue weighted by Crippen LogP contribution is 2.17.